The van der Waals surface area contributed by atoms with Crippen LogP contribution in [-0.4, -0.2) is 101 Å². The Labute approximate surface area is 258 Å². The van der Waals surface area contributed by atoms with Gasteiger partial charge in [-0.2, -0.15) is 5.48 Å². The van der Waals surface area contributed by atoms with E-state index in [1.807, 2.05) is 0 Å². The quantitative estimate of drug-likeness (QED) is 0.120. The molecule has 0 bridgehead atoms. The number of nitrogens with zero attached hydrogens (tertiary/aromatic N) is 2. The highest BCUT2D eigenvalue weighted by Gasteiger charge is 2.64. The van der Waals surface area contributed by atoms with Gasteiger partial charge in [0.15, 0.2) is 17.1 Å². The van der Waals surface area contributed by atoms with Gasteiger partial charge >= 0.3 is 0 Å². The lowest BCUT2D eigenvalue weighted by atomic mass is 9.57. The number of rotatable bonds is 8. The van der Waals surface area contributed by atoms with Crippen LogP contribution in [-0.2, 0) is 30.4 Å². The number of phenolic OH excluding ortho intramolecular Hbond substituents is 1. The summed E-state index contributed by atoms with van der Waals surface area (Å²) >= 11 is 6.73. The molecule has 2 saturated carbocycles. The van der Waals surface area contributed by atoms with Gasteiger partial charge in [-0.3, -0.25) is 28.9 Å². The minimum atomic E-state index is -2.76. The maximum Gasteiger partial charge on any atom is 0.255 e. The zero-order valence-corrected chi connectivity index (χ0v) is 25.5. The van der Waals surface area contributed by atoms with Gasteiger partial charge < -0.3 is 36.4 Å². The number of hydroxylamine groups is 1. The molecule has 4 aliphatic rings. The SMILES string of the molecule is CN(C)c1c(Cl)c(NC(=O)CNOC2CCC2)c(O)c2c1CC1CC3[C@H](N(C)C)C(=O)C(C(N)=O)=C(O)[C@@]3(O)C(=O)C1=C2O. The van der Waals surface area contributed by atoms with E-state index in [-0.39, 0.29) is 47.3 Å². The Balaban J connectivity index is 1.62. The molecule has 1 aromatic carbocycles. The minimum Gasteiger partial charge on any atom is -0.508 e. The van der Waals surface area contributed by atoms with Gasteiger partial charge in [0.1, 0.15) is 29.3 Å². The van der Waals surface area contributed by atoms with E-state index >= 15 is 0 Å². The number of hydrogen-bond acceptors (Lipinski definition) is 12. The summed E-state index contributed by atoms with van der Waals surface area (Å²) in [7, 11) is 6.41. The van der Waals surface area contributed by atoms with Crippen LogP contribution in [0.15, 0.2) is 16.9 Å². The first-order valence-corrected chi connectivity index (χ1v) is 14.6. The summed E-state index contributed by atoms with van der Waals surface area (Å²) in [4.78, 5) is 60.8. The van der Waals surface area contributed by atoms with Crippen LogP contribution in [0.25, 0.3) is 5.76 Å². The zero-order chi connectivity index (χ0) is 32.4. The standard InChI is InChI=1S/C29H36ClN5O9/c1-34(2)21-13-8-11-9-14-22(35(3)4)25(39)18(28(31)42)27(41)29(14,43)26(40)16(11)23(37)17(13)24(38)20(19(21)30)33-15(36)10-32-44-12-6-5-7-12/h11-12,14,22,32,37-38,41,43H,5-10H2,1-4H3,(H2,31,42)(H,33,36)/t11?,14?,22-,29-/m0/s1. The average molecular weight is 634 g/mol. The summed E-state index contributed by atoms with van der Waals surface area (Å²) in [5, 5.41) is 48.3. The maximum absolute atomic E-state index is 14.1. The van der Waals surface area contributed by atoms with E-state index in [1.54, 1.807) is 19.0 Å². The number of aliphatic hydroxyl groups is 3. The molecular formula is C29H36ClN5O9. The number of hydrogen-bond donors (Lipinski definition) is 7. The summed E-state index contributed by atoms with van der Waals surface area (Å²) in [5.74, 6) is -8.36. The van der Waals surface area contributed by atoms with Crippen LogP contribution < -0.4 is 21.4 Å². The first kappa shape index (κ1) is 31.7. The second-order valence-electron chi connectivity index (χ2n) is 12.1. The molecule has 2 unspecified atom stereocenters. The summed E-state index contributed by atoms with van der Waals surface area (Å²) in [6, 6.07) is -1.20. The molecule has 4 aliphatic carbocycles. The van der Waals surface area contributed by atoms with E-state index < -0.39 is 69.7 Å². The number of carbonyl (C=O) groups is 4. The lowest BCUT2D eigenvalue weighted by molar-refractivity contribution is -0.153. The number of fused-ring (bicyclic) bond motifs is 3. The van der Waals surface area contributed by atoms with Crippen molar-refractivity contribution in [1.82, 2.24) is 10.4 Å². The molecule has 0 aliphatic heterocycles. The van der Waals surface area contributed by atoms with Crippen LogP contribution in [0.4, 0.5) is 11.4 Å². The van der Waals surface area contributed by atoms with E-state index in [2.05, 4.69) is 10.8 Å². The molecule has 0 heterocycles. The number of aromatic hydroxyl groups is 1. The number of phenols is 1. The number of Topliss-reactive ketones (excluding diaryl/α,β-unsaturated/α-hetero) is 2. The smallest absolute Gasteiger partial charge is 0.255 e. The zero-order valence-electron chi connectivity index (χ0n) is 24.7. The van der Waals surface area contributed by atoms with Crippen LogP contribution >= 0.6 is 11.6 Å². The van der Waals surface area contributed by atoms with Gasteiger partial charge in [-0.25, -0.2) is 0 Å². The molecule has 0 spiro atoms. The van der Waals surface area contributed by atoms with Crippen molar-refractivity contribution in [3.63, 3.8) is 0 Å². The van der Waals surface area contributed by atoms with Gasteiger partial charge in [0.25, 0.3) is 5.91 Å². The fraction of sp³-hybridized carbons (Fsp3) is 0.517. The second kappa shape index (κ2) is 11.3. The Morgan fingerprint density at radius 1 is 1.14 bits per heavy atom. The molecule has 15 heteroatoms. The highest BCUT2D eigenvalue weighted by Crippen LogP contribution is 2.56. The van der Waals surface area contributed by atoms with E-state index in [0.29, 0.717) is 11.3 Å². The number of halogens is 1. The number of amides is 2. The van der Waals surface area contributed by atoms with Gasteiger partial charge in [0, 0.05) is 25.6 Å². The number of likely N-dealkylation sites (N-methyl/N-ethyl adjacent to an activating group) is 1. The molecule has 2 fully saturated rings. The van der Waals surface area contributed by atoms with E-state index in [9.17, 15) is 39.6 Å². The number of aliphatic hydroxyl groups excluding tert-OH is 2. The van der Waals surface area contributed by atoms with E-state index in [0.717, 1.165) is 19.3 Å². The molecule has 14 nitrogen and oxygen atoms in total. The number of nitrogens with one attached hydrogen (secondary N) is 2. The number of anilines is 2. The summed E-state index contributed by atoms with van der Waals surface area (Å²) in [6.07, 6.45) is 2.80. The highest BCUT2D eigenvalue weighted by atomic mass is 35.5. The predicted molar refractivity (Wildman–Crippen MR) is 159 cm³/mol. The number of benzene rings is 1. The third-order valence-electron chi connectivity index (χ3n) is 9.05. The lowest BCUT2D eigenvalue weighted by Crippen LogP contribution is -2.65. The summed E-state index contributed by atoms with van der Waals surface area (Å²) in [6.45, 7) is -0.262. The molecule has 1 aromatic rings. The second-order valence-corrected chi connectivity index (χ2v) is 12.5. The number of primary amides is 1. The summed E-state index contributed by atoms with van der Waals surface area (Å²) in [5.41, 5.74) is 4.31. The molecule has 4 atom stereocenters. The largest absolute Gasteiger partial charge is 0.508 e. The molecule has 2 amide bonds. The first-order chi connectivity index (χ1) is 20.6. The van der Waals surface area contributed by atoms with Gasteiger partial charge in [0.05, 0.1) is 28.4 Å². The highest BCUT2D eigenvalue weighted by molar-refractivity contribution is 6.37. The minimum absolute atomic E-state index is 0.0138. The van der Waals surface area contributed by atoms with Crippen molar-refractivity contribution in [2.75, 3.05) is 45.0 Å². The molecule has 238 valence electrons. The van der Waals surface area contributed by atoms with Gasteiger partial charge in [-0.1, -0.05) is 11.6 Å². The third kappa shape index (κ3) is 4.72. The van der Waals surface area contributed by atoms with Crippen molar-refractivity contribution in [3.8, 4) is 5.75 Å². The van der Waals surface area contributed by atoms with Crippen LogP contribution in [0.3, 0.4) is 0 Å². The Morgan fingerprint density at radius 3 is 2.34 bits per heavy atom. The lowest BCUT2D eigenvalue weighted by Gasteiger charge is -2.50. The molecule has 5 rings (SSSR count). The monoisotopic (exact) mass is 633 g/mol. The van der Waals surface area contributed by atoms with Crippen LogP contribution in [0, 0.1) is 11.8 Å². The molecular weight excluding hydrogens is 598 g/mol. The third-order valence-corrected chi connectivity index (χ3v) is 9.42. The molecule has 0 radical (unpaired) electrons. The average Bonchev–Trinajstić information content (AvgIpc) is 2.89. The van der Waals surface area contributed by atoms with Crippen LogP contribution in [0.1, 0.15) is 36.8 Å². The summed E-state index contributed by atoms with van der Waals surface area (Å²) < 4.78 is 0. The van der Waals surface area contributed by atoms with E-state index in [1.165, 1.54) is 19.0 Å². The van der Waals surface area contributed by atoms with Crippen molar-refractivity contribution in [2.45, 2.75) is 49.9 Å². The van der Waals surface area contributed by atoms with Crippen molar-refractivity contribution in [3.05, 3.63) is 33.1 Å². The number of ketones is 2. The Bertz CT molecular complexity index is 1530. The number of carbonyl (C=O) groups excluding carboxylic acids is 4. The van der Waals surface area contributed by atoms with Crippen molar-refractivity contribution < 1.29 is 44.4 Å². The molecule has 44 heavy (non-hydrogen) atoms. The van der Waals surface area contributed by atoms with Gasteiger partial charge in [-0.05, 0) is 57.7 Å². The first-order valence-electron chi connectivity index (χ1n) is 14.2. The van der Waals surface area contributed by atoms with Crippen molar-refractivity contribution in [2.24, 2.45) is 17.6 Å². The van der Waals surface area contributed by atoms with Crippen LogP contribution in [0.5, 0.6) is 5.75 Å². The predicted octanol–water partition coefficient (Wildman–Crippen LogP) is 0.696. The van der Waals surface area contributed by atoms with Crippen molar-refractivity contribution in [1.29, 1.82) is 0 Å². The fourth-order valence-corrected chi connectivity index (χ4v) is 7.22. The normalized spacial score (nSPS) is 26.7. The van der Waals surface area contributed by atoms with Crippen LogP contribution in [0.2, 0.25) is 5.02 Å². The number of nitrogens with two attached hydrogens (primary N) is 1. The molecule has 0 aromatic heterocycles. The molecule has 8 N–H and O–H groups in total. The van der Waals surface area contributed by atoms with E-state index in [4.69, 9.17) is 22.2 Å². The maximum atomic E-state index is 14.1. The van der Waals surface area contributed by atoms with Crippen molar-refractivity contribution >= 4 is 52.1 Å². The molecule has 0 saturated heterocycles. The Morgan fingerprint density at radius 2 is 1.80 bits per heavy atom. The fourth-order valence-electron chi connectivity index (χ4n) is 6.80. The topological polar surface area (TPSA) is 215 Å². The van der Waals surface area contributed by atoms with Gasteiger partial charge in [-0.15, -0.1) is 0 Å². The Hall–Kier alpha value is -3.69. The van der Waals surface area contributed by atoms with Gasteiger partial charge in [0.2, 0.25) is 11.7 Å². The Kier molecular flexibility index (Phi) is 8.18.